The van der Waals surface area contributed by atoms with Gasteiger partial charge in [-0.25, -0.2) is 0 Å². The topological polar surface area (TPSA) is 37.4 Å². The molecule has 0 spiro atoms. The number of Topliss-reactive ketones (excluding diaryl/α,β-unsaturated/α-hetero) is 1. The van der Waals surface area contributed by atoms with E-state index >= 15 is 0 Å². The summed E-state index contributed by atoms with van der Waals surface area (Å²) in [6.45, 7) is 7.83. The predicted octanol–water partition coefficient (Wildman–Crippen LogP) is 5.64. The first-order chi connectivity index (χ1) is 13.9. The number of ketones is 1. The van der Waals surface area contributed by atoms with Gasteiger partial charge in [-0.05, 0) is 92.9 Å². The molecule has 0 aromatic heterocycles. The van der Waals surface area contributed by atoms with Crippen molar-refractivity contribution in [1.29, 1.82) is 0 Å². The lowest BCUT2D eigenvalue weighted by Gasteiger charge is -2.50. The Balaban J connectivity index is 1.57. The van der Waals surface area contributed by atoms with E-state index in [1.165, 1.54) is 11.1 Å². The molecule has 4 unspecified atom stereocenters. The number of fused-ring (bicyclic) bond motifs is 5. The number of hydrogen-bond donors (Lipinski definition) is 0. The number of benzene rings is 1. The summed E-state index contributed by atoms with van der Waals surface area (Å²) >= 11 is 6.25. The van der Waals surface area contributed by atoms with Crippen LogP contribution in [0.5, 0.6) is 0 Å². The first-order valence-electron chi connectivity index (χ1n) is 11.5. The Bertz CT molecular complexity index is 802. The van der Waals surface area contributed by atoms with Crippen molar-refractivity contribution in [3.05, 3.63) is 34.3 Å². The standard InChI is InChI=1S/C25H34ClNO2/c1-4-27(5-2)23(29)11-7-17-15-22(28)25(3)13-12-20-19-10-8-18(26)14-16(19)6-9-21(20)24(17)25/h8,10,14,17,20-21,24H,4-7,9,11-13,15H2,1-3H3/t17?,20?,21?,24?,25-/m1/s1. The first kappa shape index (κ1) is 20.9. The molecular formula is C25H34ClNO2. The summed E-state index contributed by atoms with van der Waals surface area (Å²) in [6, 6.07) is 6.39. The maximum absolute atomic E-state index is 13.1. The fraction of sp³-hybridized carbons (Fsp3) is 0.680. The number of nitrogens with zero attached hydrogens (tertiary/aromatic N) is 1. The molecular weight excluding hydrogens is 382 g/mol. The van der Waals surface area contributed by atoms with E-state index in [9.17, 15) is 9.59 Å². The van der Waals surface area contributed by atoms with Crippen LogP contribution >= 0.6 is 11.6 Å². The van der Waals surface area contributed by atoms with Crippen LogP contribution in [0.15, 0.2) is 18.2 Å². The molecule has 2 fully saturated rings. The Morgan fingerprint density at radius 2 is 2.00 bits per heavy atom. The van der Waals surface area contributed by atoms with Gasteiger partial charge < -0.3 is 4.90 Å². The molecule has 29 heavy (non-hydrogen) atoms. The second kappa shape index (κ2) is 8.06. The molecule has 1 amide bonds. The Morgan fingerprint density at radius 3 is 2.72 bits per heavy atom. The van der Waals surface area contributed by atoms with E-state index in [-0.39, 0.29) is 11.3 Å². The Hall–Kier alpha value is -1.35. The lowest BCUT2D eigenvalue weighted by Crippen LogP contribution is -2.44. The van der Waals surface area contributed by atoms with Crippen LogP contribution in [0.4, 0.5) is 0 Å². The zero-order chi connectivity index (χ0) is 20.8. The van der Waals surface area contributed by atoms with Crippen LogP contribution in [0.1, 0.15) is 76.3 Å². The van der Waals surface area contributed by atoms with Gasteiger partial charge in [-0.1, -0.05) is 24.6 Å². The van der Waals surface area contributed by atoms with Gasteiger partial charge in [0, 0.05) is 36.4 Å². The van der Waals surface area contributed by atoms with Gasteiger partial charge in [-0.15, -0.1) is 0 Å². The van der Waals surface area contributed by atoms with Crippen molar-refractivity contribution in [2.24, 2.45) is 23.2 Å². The smallest absolute Gasteiger partial charge is 0.222 e. The highest BCUT2D eigenvalue weighted by molar-refractivity contribution is 6.30. The predicted molar refractivity (Wildman–Crippen MR) is 117 cm³/mol. The molecule has 0 saturated heterocycles. The molecule has 0 aliphatic heterocycles. The highest BCUT2D eigenvalue weighted by atomic mass is 35.5. The summed E-state index contributed by atoms with van der Waals surface area (Å²) in [5.74, 6) is 2.56. The van der Waals surface area contributed by atoms with E-state index in [1.54, 1.807) is 0 Å². The fourth-order valence-corrected chi connectivity index (χ4v) is 7.11. The van der Waals surface area contributed by atoms with Crippen LogP contribution in [-0.2, 0) is 16.0 Å². The van der Waals surface area contributed by atoms with Crippen molar-refractivity contribution in [1.82, 2.24) is 4.90 Å². The summed E-state index contributed by atoms with van der Waals surface area (Å²) in [4.78, 5) is 27.6. The van der Waals surface area contributed by atoms with Gasteiger partial charge >= 0.3 is 0 Å². The molecule has 0 N–H and O–H groups in total. The van der Waals surface area contributed by atoms with Crippen molar-refractivity contribution < 1.29 is 9.59 Å². The molecule has 158 valence electrons. The lowest BCUT2D eigenvalue weighted by molar-refractivity contribution is -0.131. The number of halogens is 1. The van der Waals surface area contributed by atoms with E-state index in [0.29, 0.717) is 42.3 Å². The van der Waals surface area contributed by atoms with Gasteiger partial charge in [-0.3, -0.25) is 9.59 Å². The molecule has 1 aromatic rings. The molecule has 5 atom stereocenters. The van der Waals surface area contributed by atoms with E-state index in [1.807, 2.05) is 24.8 Å². The zero-order valence-corrected chi connectivity index (χ0v) is 18.8. The molecule has 1 aromatic carbocycles. The monoisotopic (exact) mass is 415 g/mol. The lowest BCUT2D eigenvalue weighted by atomic mass is 9.54. The summed E-state index contributed by atoms with van der Waals surface area (Å²) in [5.41, 5.74) is 2.68. The van der Waals surface area contributed by atoms with Crippen molar-refractivity contribution in [2.75, 3.05) is 13.1 Å². The normalized spacial score (nSPS) is 33.0. The second-order valence-corrected chi connectivity index (χ2v) is 10.1. The summed E-state index contributed by atoms with van der Waals surface area (Å²) in [7, 11) is 0. The van der Waals surface area contributed by atoms with Crippen molar-refractivity contribution in [3.63, 3.8) is 0 Å². The van der Waals surface area contributed by atoms with E-state index in [2.05, 4.69) is 19.1 Å². The summed E-state index contributed by atoms with van der Waals surface area (Å²) < 4.78 is 0. The van der Waals surface area contributed by atoms with Gasteiger partial charge in [-0.2, -0.15) is 0 Å². The minimum atomic E-state index is -0.186. The highest BCUT2D eigenvalue weighted by Gasteiger charge is 2.58. The summed E-state index contributed by atoms with van der Waals surface area (Å²) in [6.07, 6.45) is 6.40. The Labute approximate surface area is 180 Å². The third-order valence-corrected chi connectivity index (χ3v) is 8.61. The molecule has 4 heteroatoms. The minimum Gasteiger partial charge on any atom is -0.343 e. The number of rotatable bonds is 5. The Kier molecular flexibility index (Phi) is 5.81. The molecule has 0 radical (unpaired) electrons. The van der Waals surface area contributed by atoms with Crippen LogP contribution in [0.2, 0.25) is 5.02 Å². The molecule has 0 bridgehead atoms. The van der Waals surface area contributed by atoms with Crippen LogP contribution in [0.25, 0.3) is 0 Å². The molecule has 0 heterocycles. The number of amides is 1. The van der Waals surface area contributed by atoms with Crippen LogP contribution in [0.3, 0.4) is 0 Å². The van der Waals surface area contributed by atoms with Gasteiger partial charge in [0.1, 0.15) is 5.78 Å². The number of aryl methyl sites for hydroxylation is 1. The number of carbonyl (C=O) groups is 2. The number of carbonyl (C=O) groups excluding carboxylic acids is 2. The van der Waals surface area contributed by atoms with Crippen molar-refractivity contribution in [3.8, 4) is 0 Å². The van der Waals surface area contributed by atoms with Gasteiger partial charge in [0.05, 0.1) is 0 Å². The second-order valence-electron chi connectivity index (χ2n) is 9.63. The van der Waals surface area contributed by atoms with E-state index < -0.39 is 0 Å². The minimum absolute atomic E-state index is 0.186. The first-order valence-corrected chi connectivity index (χ1v) is 11.9. The molecule has 2 saturated carbocycles. The Morgan fingerprint density at radius 1 is 1.24 bits per heavy atom. The van der Waals surface area contributed by atoms with Crippen molar-refractivity contribution >= 4 is 23.3 Å². The molecule has 3 aliphatic rings. The number of hydrogen-bond acceptors (Lipinski definition) is 2. The SMILES string of the molecule is CCN(CC)C(=O)CCC1CC(=O)[C@@]2(C)CCC3c4ccc(Cl)cc4CCC3C12. The molecule has 3 aliphatic carbocycles. The summed E-state index contributed by atoms with van der Waals surface area (Å²) in [5, 5.41) is 0.826. The molecule has 3 nitrogen and oxygen atoms in total. The third-order valence-electron chi connectivity index (χ3n) is 8.38. The van der Waals surface area contributed by atoms with Crippen LogP contribution in [0, 0.1) is 23.2 Å². The van der Waals surface area contributed by atoms with Crippen molar-refractivity contribution in [2.45, 2.75) is 71.6 Å². The van der Waals surface area contributed by atoms with Gasteiger partial charge in [0.15, 0.2) is 0 Å². The largest absolute Gasteiger partial charge is 0.343 e. The van der Waals surface area contributed by atoms with E-state index in [4.69, 9.17) is 11.6 Å². The average molecular weight is 416 g/mol. The van der Waals surface area contributed by atoms with Crippen LogP contribution in [-0.4, -0.2) is 29.7 Å². The van der Waals surface area contributed by atoms with E-state index in [0.717, 1.165) is 50.2 Å². The maximum Gasteiger partial charge on any atom is 0.222 e. The fourth-order valence-electron chi connectivity index (χ4n) is 6.92. The quantitative estimate of drug-likeness (QED) is 0.624. The van der Waals surface area contributed by atoms with Crippen LogP contribution < -0.4 is 0 Å². The molecule has 4 rings (SSSR count). The average Bonchev–Trinajstić information content (AvgIpc) is 2.97. The zero-order valence-electron chi connectivity index (χ0n) is 18.0. The maximum atomic E-state index is 13.1. The van der Waals surface area contributed by atoms with Gasteiger partial charge in [0.2, 0.25) is 5.91 Å². The third kappa shape index (κ3) is 3.54. The highest BCUT2D eigenvalue weighted by Crippen LogP contribution is 2.62. The van der Waals surface area contributed by atoms with Gasteiger partial charge in [0.25, 0.3) is 0 Å².